The Morgan fingerprint density at radius 3 is 2.49 bits per heavy atom. The number of anilines is 3. The van der Waals surface area contributed by atoms with Gasteiger partial charge in [0.25, 0.3) is 0 Å². The molecule has 13 nitrogen and oxygen atoms in total. The summed E-state index contributed by atoms with van der Waals surface area (Å²) < 4.78 is 10.6. The standard InChI is InChI=1S/C28H33N9O4/c1-40-27-32-16-20(17-33-27)18-4-9-24(30-14-18)35-28(39)41-23-7-5-21(6-8-23)34-26-31-15-19(13-29)25(36-26)37-11-2-3-22(38)10-12-37/h4,9,14-17,21-23,38H,2-3,5-8,10-12H2,1H3,(H,30,35,39)(H,31,34,36)/t21-,22?,23-. The van der Waals surface area contributed by atoms with E-state index in [0.29, 0.717) is 49.0 Å². The maximum Gasteiger partial charge on any atom is 0.413 e. The van der Waals surface area contributed by atoms with Gasteiger partial charge in [-0.15, -0.1) is 0 Å². The van der Waals surface area contributed by atoms with Crippen LogP contribution in [0.2, 0.25) is 0 Å². The maximum atomic E-state index is 12.5. The first kappa shape index (κ1) is 28.0. The van der Waals surface area contributed by atoms with Crippen molar-refractivity contribution in [3.8, 4) is 23.2 Å². The van der Waals surface area contributed by atoms with Crippen LogP contribution in [0.1, 0.15) is 50.5 Å². The zero-order chi connectivity index (χ0) is 28.6. The van der Waals surface area contributed by atoms with Crippen LogP contribution >= 0.6 is 0 Å². The number of aromatic nitrogens is 5. The summed E-state index contributed by atoms with van der Waals surface area (Å²) in [4.78, 5) is 36.0. The molecule has 214 valence electrons. The highest BCUT2D eigenvalue weighted by atomic mass is 16.6. The smallest absolute Gasteiger partial charge is 0.413 e. The fourth-order valence-electron chi connectivity index (χ4n) is 5.06. The number of methoxy groups -OCH3 is 1. The number of hydrogen-bond acceptors (Lipinski definition) is 12. The van der Waals surface area contributed by atoms with Crippen molar-refractivity contribution in [2.75, 3.05) is 35.7 Å². The number of carbonyl (C=O) groups excluding carboxylic acids is 1. The number of pyridine rings is 1. The Morgan fingerprint density at radius 2 is 1.78 bits per heavy atom. The molecule has 1 atom stereocenters. The Bertz CT molecular complexity index is 1360. The van der Waals surface area contributed by atoms with Gasteiger partial charge in [-0.25, -0.2) is 24.7 Å². The van der Waals surface area contributed by atoms with E-state index in [1.165, 1.54) is 7.11 Å². The van der Waals surface area contributed by atoms with Gasteiger partial charge in [0.1, 0.15) is 23.6 Å². The molecule has 0 radical (unpaired) electrons. The highest BCUT2D eigenvalue weighted by Crippen LogP contribution is 2.26. The minimum absolute atomic E-state index is 0.126. The Balaban J connectivity index is 1.09. The number of carbonyl (C=O) groups is 1. The number of nitrogens with zero attached hydrogens (tertiary/aromatic N) is 7. The van der Waals surface area contributed by atoms with Crippen LogP contribution in [0.25, 0.3) is 11.1 Å². The molecule has 13 heteroatoms. The van der Waals surface area contributed by atoms with E-state index in [1.54, 1.807) is 30.9 Å². The quantitative estimate of drug-likeness (QED) is 0.385. The maximum absolute atomic E-state index is 12.5. The first-order valence-electron chi connectivity index (χ1n) is 13.8. The van der Waals surface area contributed by atoms with Crippen molar-refractivity contribution in [3.05, 3.63) is 42.5 Å². The summed E-state index contributed by atoms with van der Waals surface area (Å²) in [6.45, 7) is 1.39. The van der Waals surface area contributed by atoms with Crippen molar-refractivity contribution in [2.45, 2.75) is 63.2 Å². The molecule has 4 heterocycles. The van der Waals surface area contributed by atoms with E-state index >= 15 is 0 Å². The molecule has 1 aliphatic heterocycles. The second kappa shape index (κ2) is 13.2. The number of hydrogen-bond donors (Lipinski definition) is 3. The van der Waals surface area contributed by atoms with E-state index in [0.717, 1.165) is 43.4 Å². The first-order valence-corrected chi connectivity index (χ1v) is 13.8. The molecule has 0 aromatic carbocycles. The predicted octanol–water partition coefficient (Wildman–Crippen LogP) is 3.53. The lowest BCUT2D eigenvalue weighted by molar-refractivity contribution is 0.0840. The normalized spacial score (nSPS) is 20.8. The first-order chi connectivity index (χ1) is 20.0. The van der Waals surface area contributed by atoms with Gasteiger partial charge in [-0.3, -0.25) is 5.32 Å². The van der Waals surface area contributed by atoms with Crippen molar-refractivity contribution in [3.63, 3.8) is 0 Å². The minimum Gasteiger partial charge on any atom is -0.467 e. The van der Waals surface area contributed by atoms with Crippen molar-refractivity contribution >= 4 is 23.7 Å². The van der Waals surface area contributed by atoms with Crippen LogP contribution in [-0.2, 0) is 4.74 Å². The summed E-state index contributed by atoms with van der Waals surface area (Å²) in [6.07, 6.45) is 10.6. The summed E-state index contributed by atoms with van der Waals surface area (Å²) >= 11 is 0. The lowest BCUT2D eigenvalue weighted by Crippen LogP contribution is -2.33. The lowest BCUT2D eigenvalue weighted by Gasteiger charge is -2.29. The van der Waals surface area contributed by atoms with Gasteiger partial charge in [-0.2, -0.15) is 10.2 Å². The second-order valence-corrected chi connectivity index (χ2v) is 10.2. The molecule has 1 unspecified atom stereocenters. The largest absolute Gasteiger partial charge is 0.467 e. The number of nitrogens with one attached hydrogen (secondary N) is 2. The second-order valence-electron chi connectivity index (χ2n) is 10.2. The number of aliphatic hydroxyl groups is 1. The summed E-state index contributed by atoms with van der Waals surface area (Å²) in [5.41, 5.74) is 2.01. The predicted molar refractivity (Wildman–Crippen MR) is 150 cm³/mol. The average Bonchev–Trinajstić information content (AvgIpc) is 3.22. The van der Waals surface area contributed by atoms with Gasteiger partial charge in [0.05, 0.1) is 19.4 Å². The molecular weight excluding hydrogens is 526 g/mol. The lowest BCUT2D eigenvalue weighted by atomic mass is 9.93. The van der Waals surface area contributed by atoms with Crippen molar-refractivity contribution in [1.82, 2.24) is 24.9 Å². The van der Waals surface area contributed by atoms with Crippen LogP contribution in [0, 0.1) is 11.3 Å². The average molecular weight is 560 g/mol. The van der Waals surface area contributed by atoms with E-state index in [4.69, 9.17) is 9.47 Å². The molecule has 5 rings (SSSR count). The van der Waals surface area contributed by atoms with Gasteiger partial charge in [0, 0.05) is 48.8 Å². The van der Waals surface area contributed by atoms with Gasteiger partial charge < -0.3 is 24.8 Å². The van der Waals surface area contributed by atoms with E-state index in [9.17, 15) is 15.2 Å². The Hall–Kier alpha value is -4.57. The fourth-order valence-corrected chi connectivity index (χ4v) is 5.06. The summed E-state index contributed by atoms with van der Waals surface area (Å²) in [6, 6.07) is 6.11. The Kier molecular flexibility index (Phi) is 9.00. The van der Waals surface area contributed by atoms with Gasteiger partial charge in [0.15, 0.2) is 5.82 Å². The molecule has 3 aromatic heterocycles. The molecule has 3 aromatic rings. The molecule has 1 saturated heterocycles. The number of nitriles is 1. The zero-order valence-electron chi connectivity index (χ0n) is 22.9. The molecule has 1 aliphatic carbocycles. The van der Waals surface area contributed by atoms with Crippen LogP contribution in [0.4, 0.5) is 22.4 Å². The molecule has 2 fully saturated rings. The third kappa shape index (κ3) is 7.34. The van der Waals surface area contributed by atoms with Gasteiger partial charge in [-0.1, -0.05) is 0 Å². The Morgan fingerprint density at radius 1 is 1.00 bits per heavy atom. The monoisotopic (exact) mass is 559 g/mol. The molecular formula is C28H33N9O4. The van der Waals surface area contributed by atoms with Crippen LogP contribution < -0.4 is 20.3 Å². The molecule has 1 saturated carbocycles. The van der Waals surface area contributed by atoms with E-state index in [-0.39, 0.29) is 24.3 Å². The Labute approximate surface area is 238 Å². The molecule has 2 aliphatic rings. The van der Waals surface area contributed by atoms with Crippen LogP contribution in [0.3, 0.4) is 0 Å². The van der Waals surface area contributed by atoms with E-state index < -0.39 is 6.09 Å². The molecule has 0 bridgehead atoms. The van der Waals surface area contributed by atoms with Gasteiger partial charge in [-0.05, 0) is 57.1 Å². The summed E-state index contributed by atoms with van der Waals surface area (Å²) in [5, 5.41) is 25.6. The van der Waals surface area contributed by atoms with E-state index in [1.807, 2.05) is 6.07 Å². The van der Waals surface area contributed by atoms with Crippen molar-refractivity contribution in [1.29, 1.82) is 5.26 Å². The number of ether oxygens (including phenoxy) is 2. The molecule has 41 heavy (non-hydrogen) atoms. The van der Waals surface area contributed by atoms with Crippen LogP contribution in [-0.4, -0.2) is 74.6 Å². The molecule has 0 spiro atoms. The molecule has 3 N–H and O–H groups in total. The third-order valence-corrected chi connectivity index (χ3v) is 7.31. The SMILES string of the molecule is COc1ncc(-c2ccc(NC(=O)O[C@H]3CC[C@H](Nc4ncc(C#N)c(N5CCCC(O)CC5)n4)CC3)nc2)cn1. The van der Waals surface area contributed by atoms with Crippen LogP contribution in [0.5, 0.6) is 6.01 Å². The highest BCUT2D eigenvalue weighted by Gasteiger charge is 2.26. The summed E-state index contributed by atoms with van der Waals surface area (Å²) in [5.74, 6) is 1.46. The highest BCUT2D eigenvalue weighted by molar-refractivity contribution is 5.83. The van der Waals surface area contributed by atoms with Crippen molar-refractivity contribution in [2.24, 2.45) is 0 Å². The summed E-state index contributed by atoms with van der Waals surface area (Å²) in [7, 11) is 1.51. The van der Waals surface area contributed by atoms with Crippen molar-refractivity contribution < 1.29 is 19.4 Å². The number of aliphatic hydroxyl groups excluding tert-OH is 1. The number of rotatable bonds is 7. The minimum atomic E-state index is -0.544. The van der Waals surface area contributed by atoms with E-state index in [2.05, 4.69) is 46.5 Å². The fraction of sp³-hybridized carbons (Fsp3) is 0.464. The molecule has 1 amide bonds. The van der Waals surface area contributed by atoms with Crippen LogP contribution in [0.15, 0.2) is 36.9 Å². The third-order valence-electron chi connectivity index (χ3n) is 7.31. The zero-order valence-corrected chi connectivity index (χ0v) is 22.9. The topological polar surface area (TPSA) is 171 Å². The number of amides is 1. The van der Waals surface area contributed by atoms with Gasteiger partial charge >= 0.3 is 12.1 Å². The van der Waals surface area contributed by atoms with Gasteiger partial charge in [0.2, 0.25) is 5.95 Å².